The zero-order valence-corrected chi connectivity index (χ0v) is 8.57. The molecule has 1 aliphatic rings. The molecule has 2 heterocycles. The Labute approximate surface area is 88.9 Å². The second-order valence-corrected chi connectivity index (χ2v) is 3.86. The fourth-order valence-electron chi connectivity index (χ4n) is 1.92. The summed E-state index contributed by atoms with van der Waals surface area (Å²) in [6.07, 6.45) is 2.29. The van der Waals surface area contributed by atoms with Crippen molar-refractivity contribution in [3.63, 3.8) is 0 Å². The summed E-state index contributed by atoms with van der Waals surface area (Å²) in [6.45, 7) is 2.02. The summed E-state index contributed by atoms with van der Waals surface area (Å²) >= 11 is 0. The maximum absolute atomic E-state index is 11.0. The largest absolute Gasteiger partial charge is 0.364 e. The number of nitrogens with one attached hydrogen (secondary N) is 1. The predicted molar refractivity (Wildman–Crippen MR) is 57.6 cm³/mol. The molecule has 1 atom stereocenters. The molecule has 0 bridgehead atoms. The zero-order valence-electron chi connectivity index (χ0n) is 8.57. The van der Waals surface area contributed by atoms with Gasteiger partial charge in [-0.25, -0.2) is 4.98 Å². The number of pyridine rings is 1. The summed E-state index contributed by atoms with van der Waals surface area (Å²) in [5.41, 5.74) is 6.53. The lowest BCUT2D eigenvalue weighted by Gasteiger charge is -2.22. The lowest BCUT2D eigenvalue weighted by atomic mass is 9.95. The first-order valence-corrected chi connectivity index (χ1v) is 5.25. The molecule has 1 saturated heterocycles. The van der Waals surface area contributed by atoms with Crippen molar-refractivity contribution in [1.82, 2.24) is 10.3 Å². The first-order chi connectivity index (χ1) is 7.27. The highest BCUT2D eigenvalue weighted by Gasteiger charge is 2.17. The number of carbonyl (C=O) groups is 1. The average molecular weight is 205 g/mol. The highest BCUT2D eigenvalue weighted by atomic mass is 16.1. The van der Waals surface area contributed by atoms with Crippen molar-refractivity contribution in [3.05, 3.63) is 29.6 Å². The number of hydrogen-bond acceptors (Lipinski definition) is 3. The van der Waals surface area contributed by atoms with Crippen molar-refractivity contribution in [3.8, 4) is 0 Å². The van der Waals surface area contributed by atoms with E-state index in [9.17, 15) is 4.79 Å². The number of rotatable bonds is 2. The molecule has 1 aromatic heterocycles. The van der Waals surface area contributed by atoms with Crippen LogP contribution >= 0.6 is 0 Å². The minimum atomic E-state index is -0.458. The van der Waals surface area contributed by atoms with Crippen molar-refractivity contribution in [2.75, 3.05) is 13.1 Å². The Bertz CT molecular complexity index is 359. The molecular weight excluding hydrogens is 190 g/mol. The quantitative estimate of drug-likeness (QED) is 0.744. The van der Waals surface area contributed by atoms with E-state index in [1.165, 1.54) is 0 Å². The van der Waals surface area contributed by atoms with Crippen molar-refractivity contribution < 1.29 is 4.79 Å². The molecule has 0 aromatic carbocycles. The smallest absolute Gasteiger partial charge is 0.267 e. The lowest BCUT2D eigenvalue weighted by Crippen LogP contribution is -2.29. The lowest BCUT2D eigenvalue weighted by molar-refractivity contribution is 0.0995. The molecule has 3 N–H and O–H groups in total. The van der Waals surface area contributed by atoms with Crippen molar-refractivity contribution in [1.29, 1.82) is 0 Å². The molecule has 2 rings (SSSR count). The second kappa shape index (κ2) is 4.40. The van der Waals surface area contributed by atoms with Gasteiger partial charge < -0.3 is 11.1 Å². The third kappa shape index (κ3) is 2.33. The van der Waals surface area contributed by atoms with Crippen LogP contribution in [0.1, 0.15) is 34.9 Å². The Hall–Kier alpha value is -1.42. The normalized spacial score (nSPS) is 21.2. The summed E-state index contributed by atoms with van der Waals surface area (Å²) in [7, 11) is 0. The second-order valence-electron chi connectivity index (χ2n) is 3.86. The van der Waals surface area contributed by atoms with Gasteiger partial charge in [-0.15, -0.1) is 0 Å². The van der Waals surface area contributed by atoms with Gasteiger partial charge in [-0.1, -0.05) is 6.07 Å². The monoisotopic (exact) mass is 205 g/mol. The first kappa shape index (κ1) is 10.1. The van der Waals surface area contributed by atoms with E-state index in [0.29, 0.717) is 11.6 Å². The minimum absolute atomic E-state index is 0.359. The number of piperidine rings is 1. The fourth-order valence-corrected chi connectivity index (χ4v) is 1.92. The number of aromatic nitrogens is 1. The molecule has 80 valence electrons. The summed E-state index contributed by atoms with van der Waals surface area (Å²) in [4.78, 5) is 15.3. The van der Waals surface area contributed by atoms with Gasteiger partial charge in [0.15, 0.2) is 0 Å². The van der Waals surface area contributed by atoms with Crippen molar-refractivity contribution in [2.24, 2.45) is 5.73 Å². The molecule has 15 heavy (non-hydrogen) atoms. The van der Waals surface area contributed by atoms with Crippen LogP contribution in [0.15, 0.2) is 18.2 Å². The van der Waals surface area contributed by atoms with E-state index < -0.39 is 5.91 Å². The van der Waals surface area contributed by atoms with Crippen LogP contribution in [0, 0.1) is 0 Å². The maximum atomic E-state index is 11.0. The number of hydrogen-bond donors (Lipinski definition) is 2. The van der Waals surface area contributed by atoms with Crippen LogP contribution in [-0.2, 0) is 0 Å². The molecular formula is C11H15N3O. The zero-order chi connectivity index (χ0) is 10.7. The Kier molecular flexibility index (Phi) is 2.97. The minimum Gasteiger partial charge on any atom is -0.364 e. The maximum Gasteiger partial charge on any atom is 0.267 e. The van der Waals surface area contributed by atoms with Crippen molar-refractivity contribution >= 4 is 5.91 Å². The first-order valence-electron chi connectivity index (χ1n) is 5.25. The van der Waals surface area contributed by atoms with Crippen molar-refractivity contribution in [2.45, 2.75) is 18.8 Å². The van der Waals surface area contributed by atoms with Crippen LogP contribution in [-0.4, -0.2) is 24.0 Å². The van der Waals surface area contributed by atoms with Crippen LogP contribution in [0.4, 0.5) is 0 Å². The number of primary amides is 1. The highest BCUT2D eigenvalue weighted by molar-refractivity contribution is 5.90. The van der Waals surface area contributed by atoms with Crippen LogP contribution in [0.25, 0.3) is 0 Å². The van der Waals surface area contributed by atoms with E-state index in [1.54, 1.807) is 6.07 Å². The van der Waals surface area contributed by atoms with Crippen LogP contribution in [0.3, 0.4) is 0 Å². The standard InChI is InChI=1S/C11H15N3O/c12-11(15)10-5-1-4-9(14-10)8-3-2-6-13-7-8/h1,4-5,8,13H,2-3,6-7H2,(H2,12,15)/t8-/m1/s1. The van der Waals surface area contributed by atoms with Crippen LogP contribution in [0.2, 0.25) is 0 Å². The van der Waals surface area contributed by atoms with Crippen LogP contribution < -0.4 is 11.1 Å². The van der Waals surface area contributed by atoms with Gasteiger partial charge in [0.2, 0.25) is 0 Å². The Balaban J connectivity index is 2.19. The third-order valence-electron chi connectivity index (χ3n) is 2.74. The predicted octanol–water partition coefficient (Wildman–Crippen LogP) is 0.647. The average Bonchev–Trinajstić information content (AvgIpc) is 2.30. The van der Waals surface area contributed by atoms with Gasteiger partial charge >= 0.3 is 0 Å². The SMILES string of the molecule is NC(=O)c1cccc([C@@H]2CCCNC2)n1. The van der Waals surface area contributed by atoms with Gasteiger partial charge in [-0.3, -0.25) is 4.79 Å². The third-order valence-corrected chi connectivity index (χ3v) is 2.74. The molecule has 1 amide bonds. The Morgan fingerprint density at radius 3 is 3.07 bits per heavy atom. The molecule has 1 aromatic rings. The van der Waals surface area contributed by atoms with Gasteiger partial charge in [-0.05, 0) is 31.5 Å². The Morgan fingerprint density at radius 2 is 2.40 bits per heavy atom. The Morgan fingerprint density at radius 1 is 1.53 bits per heavy atom. The molecule has 4 nitrogen and oxygen atoms in total. The molecule has 0 saturated carbocycles. The summed E-state index contributed by atoms with van der Waals surface area (Å²) < 4.78 is 0. The molecule has 0 unspecified atom stereocenters. The number of nitrogens with zero attached hydrogens (tertiary/aromatic N) is 1. The van der Waals surface area contributed by atoms with E-state index in [2.05, 4.69) is 10.3 Å². The number of amides is 1. The molecule has 0 spiro atoms. The fraction of sp³-hybridized carbons (Fsp3) is 0.455. The highest BCUT2D eigenvalue weighted by Crippen LogP contribution is 2.21. The number of carbonyl (C=O) groups excluding carboxylic acids is 1. The molecule has 1 aliphatic heterocycles. The number of nitrogens with two attached hydrogens (primary N) is 1. The molecule has 0 radical (unpaired) electrons. The summed E-state index contributed by atoms with van der Waals surface area (Å²) in [5.74, 6) is -0.0429. The molecule has 4 heteroatoms. The van der Waals surface area contributed by atoms with Gasteiger partial charge in [0.1, 0.15) is 5.69 Å². The van der Waals surface area contributed by atoms with Crippen LogP contribution in [0.5, 0.6) is 0 Å². The van der Waals surface area contributed by atoms with E-state index >= 15 is 0 Å². The molecule has 1 fully saturated rings. The van der Waals surface area contributed by atoms with E-state index in [1.807, 2.05) is 12.1 Å². The summed E-state index contributed by atoms with van der Waals surface area (Å²) in [5, 5.41) is 3.33. The van der Waals surface area contributed by atoms with Gasteiger partial charge in [0.05, 0.1) is 0 Å². The van der Waals surface area contributed by atoms with E-state index in [-0.39, 0.29) is 0 Å². The van der Waals surface area contributed by atoms with Gasteiger partial charge in [0, 0.05) is 18.2 Å². The molecule has 0 aliphatic carbocycles. The van der Waals surface area contributed by atoms with Gasteiger partial charge in [-0.2, -0.15) is 0 Å². The summed E-state index contributed by atoms with van der Waals surface area (Å²) in [6, 6.07) is 5.46. The van der Waals surface area contributed by atoms with E-state index in [4.69, 9.17) is 5.73 Å². The topological polar surface area (TPSA) is 68.0 Å². The van der Waals surface area contributed by atoms with Gasteiger partial charge in [0.25, 0.3) is 5.91 Å². The van der Waals surface area contributed by atoms with E-state index in [0.717, 1.165) is 31.6 Å².